The van der Waals surface area contributed by atoms with Crippen molar-refractivity contribution >= 4 is 33.5 Å². The summed E-state index contributed by atoms with van der Waals surface area (Å²) in [5.74, 6) is -1.15. The summed E-state index contributed by atoms with van der Waals surface area (Å²) in [6.45, 7) is 0. The van der Waals surface area contributed by atoms with Gasteiger partial charge < -0.3 is 5.11 Å². The molecule has 1 rings (SSSR count). The summed E-state index contributed by atoms with van der Waals surface area (Å²) in [7, 11) is 0. The largest absolute Gasteiger partial charge is 0.478 e. The number of hydrogen-bond acceptors (Lipinski definition) is 2. The monoisotopic (exact) mass is 259 g/mol. The van der Waals surface area contributed by atoms with Crippen molar-refractivity contribution in [3.63, 3.8) is 0 Å². The molecular formula is C8H3BrClNO2. The van der Waals surface area contributed by atoms with Crippen LogP contribution in [0.15, 0.2) is 16.6 Å². The smallest absolute Gasteiger partial charge is 0.338 e. The third kappa shape index (κ3) is 2.00. The number of hydrogen-bond donors (Lipinski definition) is 1. The van der Waals surface area contributed by atoms with Crippen LogP contribution in [0.5, 0.6) is 0 Å². The summed E-state index contributed by atoms with van der Waals surface area (Å²) < 4.78 is 0.309. The molecule has 66 valence electrons. The van der Waals surface area contributed by atoms with Gasteiger partial charge in [0.15, 0.2) is 0 Å². The summed E-state index contributed by atoms with van der Waals surface area (Å²) in [5, 5.41) is 17.7. The molecule has 3 nitrogen and oxygen atoms in total. The molecule has 0 radical (unpaired) electrons. The lowest BCUT2D eigenvalue weighted by atomic mass is 10.1. The van der Waals surface area contributed by atoms with Crippen LogP contribution in [-0.2, 0) is 0 Å². The van der Waals surface area contributed by atoms with Crippen molar-refractivity contribution in [2.45, 2.75) is 0 Å². The van der Waals surface area contributed by atoms with Crippen LogP contribution in [-0.4, -0.2) is 11.1 Å². The zero-order chi connectivity index (χ0) is 10.0. The molecule has 5 heteroatoms. The van der Waals surface area contributed by atoms with Crippen molar-refractivity contribution in [2.24, 2.45) is 0 Å². The predicted octanol–water partition coefficient (Wildman–Crippen LogP) is 2.67. The first-order valence-electron chi connectivity index (χ1n) is 3.18. The van der Waals surface area contributed by atoms with Crippen LogP contribution in [0.3, 0.4) is 0 Å². The first-order valence-corrected chi connectivity index (χ1v) is 4.35. The number of carboxylic acids is 1. The summed E-state index contributed by atoms with van der Waals surface area (Å²) in [5.41, 5.74) is -0.0150. The molecule has 0 spiro atoms. The fraction of sp³-hybridized carbons (Fsp3) is 0. The van der Waals surface area contributed by atoms with Crippen LogP contribution in [0.2, 0.25) is 5.02 Å². The van der Waals surface area contributed by atoms with Crippen LogP contribution < -0.4 is 0 Å². The van der Waals surface area contributed by atoms with Gasteiger partial charge >= 0.3 is 5.97 Å². The van der Waals surface area contributed by atoms with E-state index in [4.69, 9.17) is 22.0 Å². The molecule has 0 aliphatic heterocycles. The second-order valence-corrected chi connectivity index (χ2v) is 3.52. The minimum atomic E-state index is -1.15. The topological polar surface area (TPSA) is 61.1 Å². The van der Waals surface area contributed by atoms with E-state index >= 15 is 0 Å². The number of benzene rings is 1. The van der Waals surface area contributed by atoms with E-state index < -0.39 is 5.97 Å². The summed E-state index contributed by atoms with van der Waals surface area (Å²) in [6, 6.07) is 4.51. The van der Waals surface area contributed by atoms with Gasteiger partial charge in [0.05, 0.1) is 11.1 Å². The van der Waals surface area contributed by atoms with Gasteiger partial charge in [0.25, 0.3) is 0 Å². The van der Waals surface area contributed by atoms with Crippen molar-refractivity contribution in [3.05, 3.63) is 32.8 Å². The Hall–Kier alpha value is -1.05. The Morgan fingerprint density at radius 3 is 2.69 bits per heavy atom. The molecule has 0 unspecified atom stereocenters. The third-order valence-electron chi connectivity index (χ3n) is 1.39. The zero-order valence-electron chi connectivity index (χ0n) is 6.21. The average Bonchev–Trinajstić information content (AvgIpc) is 2.01. The third-order valence-corrected chi connectivity index (χ3v) is 2.23. The van der Waals surface area contributed by atoms with Gasteiger partial charge in [-0.05, 0) is 28.1 Å². The van der Waals surface area contributed by atoms with E-state index in [0.29, 0.717) is 9.50 Å². The highest BCUT2D eigenvalue weighted by Gasteiger charge is 2.14. The van der Waals surface area contributed by atoms with Gasteiger partial charge in [0.1, 0.15) is 6.07 Å². The Labute approximate surface area is 87.7 Å². The molecule has 0 saturated heterocycles. The standard InChI is InChI=1S/C8H3BrClNO2/c9-6-2-5(10)1-4(3-11)7(6)8(12)13/h1-2H,(H,12,13). The van der Waals surface area contributed by atoms with Crippen molar-refractivity contribution in [1.29, 1.82) is 5.26 Å². The molecule has 0 aliphatic rings. The Balaban J connectivity index is 3.50. The molecule has 0 aromatic heterocycles. The van der Waals surface area contributed by atoms with Crippen LogP contribution >= 0.6 is 27.5 Å². The van der Waals surface area contributed by atoms with Crippen LogP contribution in [0.1, 0.15) is 15.9 Å². The lowest BCUT2D eigenvalue weighted by Crippen LogP contribution is -2.01. The lowest BCUT2D eigenvalue weighted by Gasteiger charge is -2.01. The number of carbonyl (C=O) groups is 1. The van der Waals surface area contributed by atoms with E-state index in [-0.39, 0.29) is 11.1 Å². The van der Waals surface area contributed by atoms with Crippen LogP contribution in [0.25, 0.3) is 0 Å². The normalized spacial score (nSPS) is 9.31. The maximum Gasteiger partial charge on any atom is 0.338 e. The molecule has 0 atom stereocenters. The second kappa shape index (κ2) is 3.77. The fourth-order valence-electron chi connectivity index (χ4n) is 0.879. The van der Waals surface area contributed by atoms with Gasteiger partial charge in [-0.25, -0.2) is 4.79 Å². The Bertz CT molecular complexity index is 411. The van der Waals surface area contributed by atoms with Gasteiger partial charge in [0, 0.05) is 9.50 Å². The van der Waals surface area contributed by atoms with Gasteiger partial charge in [-0.3, -0.25) is 0 Å². The van der Waals surface area contributed by atoms with Crippen molar-refractivity contribution in [3.8, 4) is 6.07 Å². The van der Waals surface area contributed by atoms with Crippen molar-refractivity contribution in [1.82, 2.24) is 0 Å². The fourth-order valence-corrected chi connectivity index (χ4v) is 1.86. The molecule has 0 aliphatic carbocycles. The minimum absolute atomic E-state index is 0.0480. The van der Waals surface area contributed by atoms with E-state index in [9.17, 15) is 4.79 Å². The highest BCUT2D eigenvalue weighted by molar-refractivity contribution is 9.10. The molecule has 13 heavy (non-hydrogen) atoms. The van der Waals surface area contributed by atoms with Gasteiger partial charge in [-0.1, -0.05) is 11.6 Å². The molecule has 1 aromatic carbocycles. The Morgan fingerprint density at radius 1 is 1.62 bits per heavy atom. The van der Waals surface area contributed by atoms with E-state index in [1.54, 1.807) is 6.07 Å². The number of carboxylic acid groups (broad SMARTS) is 1. The van der Waals surface area contributed by atoms with Crippen molar-refractivity contribution < 1.29 is 9.90 Å². The predicted molar refractivity (Wildman–Crippen MR) is 50.8 cm³/mol. The van der Waals surface area contributed by atoms with E-state index in [0.717, 1.165) is 0 Å². The number of halogens is 2. The molecule has 0 amide bonds. The SMILES string of the molecule is N#Cc1cc(Cl)cc(Br)c1C(=O)O. The quantitative estimate of drug-likeness (QED) is 0.844. The average molecular weight is 260 g/mol. The molecular weight excluding hydrogens is 257 g/mol. The maximum atomic E-state index is 10.7. The van der Waals surface area contributed by atoms with Gasteiger partial charge in [0.2, 0.25) is 0 Å². The molecule has 1 aromatic rings. The van der Waals surface area contributed by atoms with Crippen LogP contribution in [0.4, 0.5) is 0 Å². The zero-order valence-corrected chi connectivity index (χ0v) is 8.56. The first-order chi connectivity index (χ1) is 6.06. The molecule has 1 N–H and O–H groups in total. The number of nitriles is 1. The number of nitrogens with zero attached hydrogens (tertiary/aromatic N) is 1. The molecule has 0 bridgehead atoms. The Morgan fingerprint density at radius 2 is 2.23 bits per heavy atom. The molecule has 0 fully saturated rings. The van der Waals surface area contributed by atoms with E-state index in [1.165, 1.54) is 12.1 Å². The highest BCUT2D eigenvalue weighted by Crippen LogP contribution is 2.25. The Kier molecular flexibility index (Phi) is 2.91. The molecule has 0 saturated carbocycles. The van der Waals surface area contributed by atoms with E-state index in [2.05, 4.69) is 15.9 Å². The van der Waals surface area contributed by atoms with E-state index in [1.807, 2.05) is 0 Å². The van der Waals surface area contributed by atoms with Gasteiger partial charge in [-0.15, -0.1) is 0 Å². The summed E-state index contributed by atoms with van der Waals surface area (Å²) in [4.78, 5) is 10.7. The number of rotatable bonds is 1. The highest BCUT2D eigenvalue weighted by atomic mass is 79.9. The van der Waals surface area contributed by atoms with Crippen LogP contribution in [0, 0.1) is 11.3 Å². The van der Waals surface area contributed by atoms with Crippen molar-refractivity contribution in [2.75, 3.05) is 0 Å². The van der Waals surface area contributed by atoms with Gasteiger partial charge in [-0.2, -0.15) is 5.26 Å². The minimum Gasteiger partial charge on any atom is -0.478 e. The maximum absolute atomic E-state index is 10.7. The second-order valence-electron chi connectivity index (χ2n) is 2.23. The first kappa shape index (κ1) is 10.0. The lowest BCUT2D eigenvalue weighted by molar-refractivity contribution is 0.0695. The molecule has 0 heterocycles. The number of aromatic carboxylic acids is 1. The summed E-state index contributed by atoms with van der Waals surface area (Å²) in [6.07, 6.45) is 0. The summed E-state index contributed by atoms with van der Waals surface area (Å²) >= 11 is 8.65.